The van der Waals surface area contributed by atoms with Gasteiger partial charge in [-0.2, -0.15) is 0 Å². The lowest BCUT2D eigenvalue weighted by Crippen LogP contribution is -2.66. The number of carbonyl (C=O) groups is 2. The van der Waals surface area contributed by atoms with Crippen LogP contribution in [0.5, 0.6) is 5.75 Å². The number of hydrogen-bond acceptors (Lipinski definition) is 5. The Hall–Kier alpha value is -1.86. The summed E-state index contributed by atoms with van der Waals surface area (Å²) in [5.41, 5.74) is 0.857. The fourth-order valence-corrected chi connectivity index (χ4v) is 5.90. The summed E-state index contributed by atoms with van der Waals surface area (Å²) in [5, 5.41) is 0. The zero-order chi connectivity index (χ0) is 21.1. The second-order valence-electron chi connectivity index (χ2n) is 8.42. The first-order chi connectivity index (χ1) is 13.0. The van der Waals surface area contributed by atoms with Gasteiger partial charge in [0.25, 0.3) is 0 Å². The number of esters is 1. The van der Waals surface area contributed by atoms with Gasteiger partial charge in [-0.25, -0.2) is 0 Å². The lowest BCUT2D eigenvalue weighted by molar-refractivity contribution is -0.165. The molecule has 2 rings (SSSR count). The van der Waals surface area contributed by atoms with Crippen LogP contribution in [0, 0.1) is 11.3 Å². The van der Waals surface area contributed by atoms with Gasteiger partial charge in [-0.05, 0) is 56.1 Å². The quantitative estimate of drug-likeness (QED) is 0.371. The van der Waals surface area contributed by atoms with E-state index in [0.717, 1.165) is 11.8 Å². The van der Waals surface area contributed by atoms with Crippen molar-refractivity contribution in [3.05, 3.63) is 24.3 Å². The second-order valence-corrected chi connectivity index (χ2v) is 10.4. The van der Waals surface area contributed by atoms with E-state index in [2.05, 4.69) is 27.3 Å². The molecule has 1 radical (unpaired) electrons. The van der Waals surface area contributed by atoms with Gasteiger partial charge < -0.3 is 13.9 Å². The van der Waals surface area contributed by atoms with E-state index < -0.39 is 27.2 Å². The molecule has 0 aromatic heterocycles. The molecule has 1 amide bonds. The molecule has 0 unspecified atom stereocenters. The number of amides is 1. The number of rotatable bonds is 8. The molecule has 155 valence electrons. The summed E-state index contributed by atoms with van der Waals surface area (Å²) in [6.07, 6.45) is -0.959. The summed E-state index contributed by atoms with van der Waals surface area (Å²) in [5.74, 6) is -0.261. The van der Waals surface area contributed by atoms with Crippen LogP contribution >= 0.6 is 0 Å². The zero-order valence-corrected chi connectivity index (χ0v) is 18.9. The van der Waals surface area contributed by atoms with Crippen LogP contribution in [-0.4, -0.2) is 39.9 Å². The van der Waals surface area contributed by atoms with Gasteiger partial charge in [0.2, 0.25) is 14.9 Å². The van der Waals surface area contributed by atoms with Gasteiger partial charge in [0.15, 0.2) is 6.23 Å². The van der Waals surface area contributed by atoms with Gasteiger partial charge in [-0.1, -0.05) is 20.8 Å². The molecule has 6 nitrogen and oxygen atoms in total. The van der Waals surface area contributed by atoms with Crippen LogP contribution in [0.25, 0.3) is 0 Å². The Morgan fingerprint density at radius 2 is 1.86 bits per heavy atom. The molecule has 1 heterocycles. The largest absolute Gasteiger partial charge is 0.494 e. The Balaban J connectivity index is 2.13. The molecule has 0 spiro atoms. The van der Waals surface area contributed by atoms with Crippen molar-refractivity contribution in [3.63, 3.8) is 0 Å². The molecule has 1 aromatic rings. The Labute approximate surface area is 169 Å². The first kappa shape index (κ1) is 22.4. The average Bonchev–Trinajstić information content (AvgIpc) is 2.54. The lowest BCUT2D eigenvalue weighted by Gasteiger charge is -2.48. The van der Waals surface area contributed by atoms with Crippen LogP contribution in [0.1, 0.15) is 41.5 Å². The fraction of sp³-hybridized carbons (Fsp3) is 0.619. The first-order valence-corrected chi connectivity index (χ1v) is 11.9. The standard InChI is InChI=1S/C21H32NO5Si/c1-8-25-17-11-9-16(10-12-17)22-19(24)18(20(22)26-15(3)23)14(2)27-28(7)13-21(4,5)6/h9-12,14,18,20H,8,13H2,1-7H3/t14-,18+,20-/m1/s1. The molecule has 0 aliphatic carbocycles. The van der Waals surface area contributed by atoms with E-state index in [1.807, 2.05) is 13.8 Å². The molecule has 3 atom stereocenters. The third kappa shape index (κ3) is 5.58. The van der Waals surface area contributed by atoms with Gasteiger partial charge in [-0.3, -0.25) is 14.5 Å². The van der Waals surface area contributed by atoms with E-state index in [1.165, 1.54) is 11.8 Å². The minimum atomic E-state index is -1.06. The zero-order valence-electron chi connectivity index (χ0n) is 17.9. The van der Waals surface area contributed by atoms with Crippen LogP contribution in [0.15, 0.2) is 24.3 Å². The van der Waals surface area contributed by atoms with E-state index in [0.29, 0.717) is 12.3 Å². The summed E-state index contributed by atoms with van der Waals surface area (Å²) < 4.78 is 17.1. The minimum absolute atomic E-state index is 0.0894. The van der Waals surface area contributed by atoms with Crippen molar-refractivity contribution in [1.82, 2.24) is 0 Å². The maximum atomic E-state index is 12.9. The maximum absolute atomic E-state index is 12.9. The van der Waals surface area contributed by atoms with E-state index in [4.69, 9.17) is 13.9 Å². The first-order valence-electron chi connectivity index (χ1n) is 9.75. The van der Waals surface area contributed by atoms with Gasteiger partial charge in [0.1, 0.15) is 11.7 Å². The van der Waals surface area contributed by atoms with Crippen molar-refractivity contribution in [2.75, 3.05) is 11.5 Å². The van der Waals surface area contributed by atoms with E-state index in [9.17, 15) is 9.59 Å². The molecule has 0 saturated carbocycles. The average molecular weight is 407 g/mol. The Bertz CT molecular complexity index is 685. The Kier molecular flexibility index (Phi) is 7.28. The smallest absolute Gasteiger partial charge is 0.304 e. The Morgan fingerprint density at radius 1 is 1.25 bits per heavy atom. The monoisotopic (exact) mass is 406 g/mol. The molecule has 1 aromatic carbocycles. The fourth-order valence-electron chi connectivity index (χ4n) is 3.54. The van der Waals surface area contributed by atoms with Gasteiger partial charge >= 0.3 is 5.97 Å². The van der Waals surface area contributed by atoms with E-state index >= 15 is 0 Å². The normalized spacial score (nSPS) is 20.7. The lowest BCUT2D eigenvalue weighted by atomic mass is 9.89. The number of β-lactam (4-membered cyclic amide) rings is 1. The predicted molar refractivity (Wildman–Crippen MR) is 111 cm³/mol. The molecular formula is C21H32NO5Si. The summed E-state index contributed by atoms with van der Waals surface area (Å²) in [7, 11) is -1.06. The molecule has 0 bridgehead atoms. The topological polar surface area (TPSA) is 65.1 Å². The van der Waals surface area contributed by atoms with Crippen molar-refractivity contribution >= 4 is 26.6 Å². The third-order valence-electron chi connectivity index (χ3n) is 4.47. The van der Waals surface area contributed by atoms with Crippen LogP contribution in [0.4, 0.5) is 5.69 Å². The van der Waals surface area contributed by atoms with Crippen LogP contribution in [0.2, 0.25) is 12.6 Å². The molecule has 0 N–H and O–H groups in total. The number of benzene rings is 1. The number of carbonyl (C=O) groups excluding carboxylic acids is 2. The summed E-state index contributed by atoms with van der Waals surface area (Å²) in [6.45, 7) is 14.4. The maximum Gasteiger partial charge on any atom is 0.304 e. The van der Waals surface area contributed by atoms with Crippen molar-refractivity contribution in [2.24, 2.45) is 11.3 Å². The highest BCUT2D eigenvalue weighted by Gasteiger charge is 2.53. The van der Waals surface area contributed by atoms with Gasteiger partial charge in [-0.15, -0.1) is 0 Å². The summed E-state index contributed by atoms with van der Waals surface area (Å²) in [4.78, 5) is 26.1. The van der Waals surface area contributed by atoms with Gasteiger partial charge in [0.05, 0.1) is 12.7 Å². The number of ether oxygens (including phenoxy) is 2. The van der Waals surface area contributed by atoms with E-state index in [1.54, 1.807) is 24.3 Å². The summed E-state index contributed by atoms with van der Waals surface area (Å²) in [6, 6.07) is 8.19. The predicted octanol–water partition coefficient (Wildman–Crippen LogP) is 4.01. The van der Waals surface area contributed by atoms with Crippen molar-refractivity contribution in [1.29, 1.82) is 0 Å². The molecule has 1 saturated heterocycles. The highest BCUT2D eigenvalue weighted by molar-refractivity contribution is 6.50. The van der Waals surface area contributed by atoms with Crippen molar-refractivity contribution in [2.45, 2.75) is 66.5 Å². The molecule has 7 heteroatoms. The van der Waals surface area contributed by atoms with Crippen LogP contribution < -0.4 is 9.64 Å². The molecule has 1 aliphatic rings. The van der Waals surface area contributed by atoms with E-state index in [-0.39, 0.29) is 17.4 Å². The molecule has 1 fully saturated rings. The van der Waals surface area contributed by atoms with Crippen molar-refractivity contribution < 1.29 is 23.5 Å². The molecular weight excluding hydrogens is 374 g/mol. The third-order valence-corrected chi connectivity index (χ3v) is 6.80. The summed E-state index contributed by atoms with van der Waals surface area (Å²) >= 11 is 0. The minimum Gasteiger partial charge on any atom is -0.494 e. The highest BCUT2D eigenvalue weighted by atomic mass is 28.3. The molecule has 1 aliphatic heterocycles. The van der Waals surface area contributed by atoms with Crippen LogP contribution in [-0.2, 0) is 18.8 Å². The van der Waals surface area contributed by atoms with Gasteiger partial charge in [0, 0.05) is 12.6 Å². The number of hydrogen-bond donors (Lipinski definition) is 0. The number of nitrogens with zero attached hydrogens (tertiary/aromatic N) is 1. The van der Waals surface area contributed by atoms with Crippen LogP contribution in [0.3, 0.4) is 0 Å². The number of anilines is 1. The SMILES string of the molecule is CCOc1ccc(N2C(=O)[C@H]([C@@H](C)O[Si](C)CC(C)(C)C)[C@H]2OC(C)=O)cc1. The molecule has 28 heavy (non-hydrogen) atoms. The second kappa shape index (κ2) is 9.09. The Morgan fingerprint density at radius 3 is 2.36 bits per heavy atom. The highest BCUT2D eigenvalue weighted by Crippen LogP contribution is 2.37. The van der Waals surface area contributed by atoms with Crippen molar-refractivity contribution in [3.8, 4) is 5.75 Å².